The largest absolute Gasteiger partial charge is 0.465 e. The van der Waals surface area contributed by atoms with Crippen molar-refractivity contribution in [1.29, 1.82) is 0 Å². The van der Waals surface area contributed by atoms with Crippen molar-refractivity contribution in [2.75, 3.05) is 0 Å². The van der Waals surface area contributed by atoms with Crippen LogP contribution >= 0.6 is 0 Å². The minimum atomic E-state index is 0.649. The molecule has 0 aliphatic carbocycles. The van der Waals surface area contributed by atoms with E-state index in [0.29, 0.717) is 11.8 Å². The van der Waals surface area contributed by atoms with E-state index in [1.165, 1.54) is 0 Å². The summed E-state index contributed by atoms with van der Waals surface area (Å²) in [6.45, 7) is 8.73. The Morgan fingerprint density at radius 1 is 0.850 bits per heavy atom. The van der Waals surface area contributed by atoms with E-state index in [4.69, 9.17) is 9.47 Å². The van der Waals surface area contributed by atoms with Crippen molar-refractivity contribution in [3.8, 4) is 11.5 Å². The van der Waals surface area contributed by atoms with Crippen LogP contribution in [0.4, 0.5) is 0 Å². The van der Waals surface area contributed by atoms with Gasteiger partial charge in [0.2, 0.25) is 0 Å². The fourth-order valence-electron chi connectivity index (χ4n) is 1.53. The van der Waals surface area contributed by atoms with Gasteiger partial charge in [0.05, 0.1) is 12.5 Å². The molecule has 1 rings (SSSR count). The van der Waals surface area contributed by atoms with Gasteiger partial charge in [-0.25, -0.2) is 0 Å². The topological polar surface area (TPSA) is 18.5 Å². The van der Waals surface area contributed by atoms with Gasteiger partial charge in [-0.3, -0.25) is 0 Å². The van der Waals surface area contributed by atoms with Crippen LogP contribution in [0.25, 0.3) is 0 Å². The molecule has 0 fully saturated rings. The fraction of sp³-hybridized carbons (Fsp3) is 0.444. The monoisotopic (exact) mass is 274 g/mol. The Bertz CT molecular complexity index is 394. The van der Waals surface area contributed by atoms with Crippen LogP contribution in [-0.2, 0) is 0 Å². The molecule has 0 unspecified atom stereocenters. The average molecular weight is 274 g/mol. The van der Waals surface area contributed by atoms with E-state index in [-0.39, 0.29) is 0 Å². The van der Waals surface area contributed by atoms with Crippen molar-refractivity contribution >= 4 is 0 Å². The Morgan fingerprint density at radius 3 is 1.70 bits per heavy atom. The van der Waals surface area contributed by atoms with Gasteiger partial charge in [0, 0.05) is 6.07 Å². The zero-order valence-corrected chi connectivity index (χ0v) is 13.0. The van der Waals surface area contributed by atoms with Crippen molar-refractivity contribution in [3.05, 3.63) is 48.9 Å². The molecule has 0 aliphatic rings. The molecule has 0 aromatic heterocycles. The molecule has 1 aromatic rings. The third-order valence-corrected chi connectivity index (χ3v) is 2.62. The van der Waals surface area contributed by atoms with Crippen LogP contribution in [0.15, 0.2) is 48.9 Å². The highest BCUT2D eigenvalue weighted by atomic mass is 16.5. The maximum Gasteiger partial charge on any atom is 0.130 e. The SMILES string of the molecule is CC(C)C/C=C/Oc1cccc(O/C=C/CC(C)C)c1. The van der Waals surface area contributed by atoms with Crippen LogP contribution in [0.3, 0.4) is 0 Å². The zero-order chi connectivity index (χ0) is 14.8. The summed E-state index contributed by atoms with van der Waals surface area (Å²) in [6, 6.07) is 7.66. The van der Waals surface area contributed by atoms with Crippen LogP contribution in [0.2, 0.25) is 0 Å². The third kappa shape index (κ3) is 7.67. The molecule has 110 valence electrons. The summed E-state index contributed by atoms with van der Waals surface area (Å²) in [6.07, 6.45) is 9.62. The third-order valence-electron chi connectivity index (χ3n) is 2.62. The van der Waals surface area contributed by atoms with E-state index in [9.17, 15) is 0 Å². The van der Waals surface area contributed by atoms with Gasteiger partial charge >= 0.3 is 0 Å². The number of rotatable bonds is 8. The van der Waals surface area contributed by atoms with Crippen molar-refractivity contribution in [2.24, 2.45) is 11.8 Å². The number of allylic oxidation sites excluding steroid dienone is 2. The van der Waals surface area contributed by atoms with Crippen LogP contribution < -0.4 is 9.47 Å². The Hall–Kier alpha value is -1.70. The van der Waals surface area contributed by atoms with E-state index in [1.54, 1.807) is 12.5 Å². The molecule has 0 saturated heterocycles. The maximum atomic E-state index is 5.56. The summed E-state index contributed by atoms with van der Waals surface area (Å²) in [5, 5.41) is 0. The van der Waals surface area contributed by atoms with Gasteiger partial charge in [-0.2, -0.15) is 0 Å². The van der Waals surface area contributed by atoms with Gasteiger partial charge in [-0.05, 0) is 49.0 Å². The highest BCUT2D eigenvalue weighted by molar-refractivity contribution is 5.33. The molecule has 20 heavy (non-hydrogen) atoms. The average Bonchev–Trinajstić information content (AvgIpc) is 2.40. The second-order valence-corrected chi connectivity index (χ2v) is 5.71. The number of benzene rings is 1. The van der Waals surface area contributed by atoms with E-state index in [1.807, 2.05) is 36.4 Å². The quantitative estimate of drug-likeness (QED) is 0.577. The number of hydrogen-bond donors (Lipinski definition) is 0. The first-order valence-corrected chi connectivity index (χ1v) is 7.31. The lowest BCUT2D eigenvalue weighted by Crippen LogP contribution is -1.87. The Kier molecular flexibility index (Phi) is 7.56. The Labute approximate surface area is 123 Å². The molecule has 0 bridgehead atoms. The lowest BCUT2D eigenvalue weighted by molar-refractivity contribution is 0.454. The maximum absolute atomic E-state index is 5.56. The van der Waals surface area contributed by atoms with Gasteiger partial charge in [0.15, 0.2) is 0 Å². The molecule has 2 heteroatoms. The van der Waals surface area contributed by atoms with Crippen molar-refractivity contribution < 1.29 is 9.47 Å². The van der Waals surface area contributed by atoms with Crippen LogP contribution in [0.5, 0.6) is 11.5 Å². The van der Waals surface area contributed by atoms with Gasteiger partial charge in [-0.1, -0.05) is 33.8 Å². The first-order valence-electron chi connectivity index (χ1n) is 7.31. The molecule has 0 radical (unpaired) electrons. The van der Waals surface area contributed by atoms with Gasteiger partial charge in [-0.15, -0.1) is 0 Å². The van der Waals surface area contributed by atoms with Crippen LogP contribution in [0.1, 0.15) is 40.5 Å². The summed E-state index contributed by atoms with van der Waals surface area (Å²) in [5.74, 6) is 2.88. The smallest absolute Gasteiger partial charge is 0.130 e. The van der Waals surface area contributed by atoms with Gasteiger partial charge in [0.25, 0.3) is 0 Å². The predicted octanol–water partition coefficient (Wildman–Crippen LogP) is 5.56. The van der Waals surface area contributed by atoms with Crippen molar-refractivity contribution in [2.45, 2.75) is 40.5 Å². The lowest BCUT2D eigenvalue weighted by atomic mass is 10.1. The van der Waals surface area contributed by atoms with Crippen LogP contribution in [0, 0.1) is 11.8 Å². The van der Waals surface area contributed by atoms with E-state index in [0.717, 1.165) is 24.3 Å². The number of ether oxygens (including phenoxy) is 2. The molecule has 0 spiro atoms. The summed E-state index contributed by atoms with van der Waals surface area (Å²) in [5.41, 5.74) is 0. The molecule has 0 saturated carbocycles. The molecule has 0 amide bonds. The second kappa shape index (κ2) is 9.24. The Morgan fingerprint density at radius 2 is 1.30 bits per heavy atom. The number of hydrogen-bond acceptors (Lipinski definition) is 2. The van der Waals surface area contributed by atoms with Crippen molar-refractivity contribution in [1.82, 2.24) is 0 Å². The highest BCUT2D eigenvalue weighted by Crippen LogP contribution is 2.20. The molecule has 0 aliphatic heterocycles. The molecule has 0 heterocycles. The van der Waals surface area contributed by atoms with Crippen molar-refractivity contribution in [3.63, 3.8) is 0 Å². The molecule has 1 aromatic carbocycles. The minimum Gasteiger partial charge on any atom is -0.465 e. The van der Waals surface area contributed by atoms with Gasteiger partial charge in [0.1, 0.15) is 11.5 Å². The van der Waals surface area contributed by atoms with E-state index < -0.39 is 0 Å². The van der Waals surface area contributed by atoms with E-state index in [2.05, 4.69) is 27.7 Å². The fourth-order valence-corrected chi connectivity index (χ4v) is 1.53. The molecular weight excluding hydrogens is 248 g/mol. The summed E-state index contributed by atoms with van der Waals surface area (Å²) < 4.78 is 11.1. The molecule has 0 N–H and O–H groups in total. The zero-order valence-electron chi connectivity index (χ0n) is 13.0. The molecule has 0 atom stereocenters. The molecular formula is C18H26O2. The molecule has 2 nitrogen and oxygen atoms in total. The van der Waals surface area contributed by atoms with Crippen LogP contribution in [-0.4, -0.2) is 0 Å². The lowest BCUT2D eigenvalue weighted by Gasteiger charge is -2.04. The first kappa shape index (κ1) is 16.4. The summed E-state index contributed by atoms with van der Waals surface area (Å²) in [7, 11) is 0. The normalized spacial score (nSPS) is 11.9. The highest BCUT2D eigenvalue weighted by Gasteiger charge is 1.96. The summed E-state index contributed by atoms with van der Waals surface area (Å²) >= 11 is 0. The standard InChI is InChI=1S/C18H26O2/c1-15(2)8-6-12-19-17-10-5-11-18(14-17)20-13-7-9-16(3)4/h5-7,10-16H,8-9H2,1-4H3/b12-6+,13-7+. The van der Waals surface area contributed by atoms with E-state index >= 15 is 0 Å². The first-order chi connectivity index (χ1) is 9.58. The van der Waals surface area contributed by atoms with Gasteiger partial charge < -0.3 is 9.47 Å². The second-order valence-electron chi connectivity index (χ2n) is 5.71. The summed E-state index contributed by atoms with van der Waals surface area (Å²) in [4.78, 5) is 0. The Balaban J connectivity index is 2.45. The minimum absolute atomic E-state index is 0.649. The predicted molar refractivity (Wildman–Crippen MR) is 84.9 cm³/mol.